The summed E-state index contributed by atoms with van der Waals surface area (Å²) in [6.45, 7) is 17.2. The van der Waals surface area contributed by atoms with Crippen LogP contribution in [0, 0.1) is 34.5 Å². The number of hydrogen-bond donors (Lipinski definition) is 0. The molecule has 0 amide bonds. The van der Waals surface area contributed by atoms with Crippen molar-refractivity contribution in [2.75, 3.05) is 20.3 Å². The molecule has 3 aliphatic carbocycles. The van der Waals surface area contributed by atoms with Crippen LogP contribution in [0.1, 0.15) is 86.0 Å². The van der Waals surface area contributed by atoms with E-state index in [-0.39, 0.29) is 51.6 Å². The summed E-state index contributed by atoms with van der Waals surface area (Å²) in [5, 5.41) is 0.117. The fourth-order valence-electron chi connectivity index (χ4n) is 8.22. The van der Waals surface area contributed by atoms with Gasteiger partial charge in [0, 0.05) is 23.9 Å². The Kier molecular flexibility index (Phi) is 7.66. The van der Waals surface area contributed by atoms with Gasteiger partial charge in [0.05, 0.1) is 26.2 Å². The Labute approximate surface area is 219 Å². The number of rotatable bonds is 5. The number of ether oxygens (including phenoxy) is 3. The van der Waals surface area contributed by atoms with E-state index >= 15 is 0 Å². The van der Waals surface area contributed by atoms with Gasteiger partial charge in [-0.3, -0.25) is 4.79 Å². The first-order chi connectivity index (χ1) is 16.7. The van der Waals surface area contributed by atoms with E-state index < -0.39 is 14.1 Å². The molecule has 0 radical (unpaired) electrons. The van der Waals surface area contributed by atoms with E-state index in [1.807, 2.05) is 0 Å². The summed E-state index contributed by atoms with van der Waals surface area (Å²) < 4.78 is 24.7. The van der Waals surface area contributed by atoms with Gasteiger partial charge in [-0.1, -0.05) is 41.0 Å². The van der Waals surface area contributed by atoms with Gasteiger partial charge in [-0.25, -0.2) is 0 Å². The summed E-state index contributed by atoms with van der Waals surface area (Å²) in [6, 6.07) is 0. The first-order valence-corrected chi connectivity index (χ1v) is 17.1. The fraction of sp³-hybridized carbons (Fsp3) is 0.931. The van der Waals surface area contributed by atoms with E-state index in [0.29, 0.717) is 19.6 Å². The molecule has 4 aliphatic rings. The van der Waals surface area contributed by atoms with Crippen molar-refractivity contribution in [3.8, 4) is 0 Å². The van der Waals surface area contributed by atoms with Gasteiger partial charge in [0.2, 0.25) is 0 Å². The molecule has 0 bridgehead atoms. The summed E-state index contributed by atoms with van der Waals surface area (Å²) in [6.07, 6.45) is 8.50. The SMILES string of the molecule is COC(=O)[C@H]1CC(O[Si](C)(C)C(C)(C)C)CC[C@]1(C)[C@H]1CCC[C@@]2(C)[C@@H](CCC23OCCO3)[C@@H]1C=O. The van der Waals surface area contributed by atoms with Gasteiger partial charge in [0.25, 0.3) is 0 Å². The van der Waals surface area contributed by atoms with Gasteiger partial charge < -0.3 is 23.4 Å². The Morgan fingerprint density at radius 2 is 1.67 bits per heavy atom. The van der Waals surface area contributed by atoms with Gasteiger partial charge in [-0.05, 0) is 73.9 Å². The highest BCUT2D eigenvalue weighted by Gasteiger charge is 2.65. The molecule has 3 saturated carbocycles. The molecule has 0 N–H and O–H groups in total. The topological polar surface area (TPSA) is 71.1 Å². The van der Waals surface area contributed by atoms with Crippen LogP contribution in [0.5, 0.6) is 0 Å². The van der Waals surface area contributed by atoms with Crippen LogP contribution in [0.15, 0.2) is 0 Å². The predicted molar refractivity (Wildman–Crippen MR) is 142 cm³/mol. The van der Waals surface area contributed by atoms with Crippen molar-refractivity contribution in [1.29, 1.82) is 0 Å². The Morgan fingerprint density at radius 1 is 1.00 bits per heavy atom. The van der Waals surface area contributed by atoms with Crippen LogP contribution in [0.3, 0.4) is 0 Å². The van der Waals surface area contributed by atoms with Crippen LogP contribution in [0.2, 0.25) is 18.1 Å². The van der Waals surface area contributed by atoms with Gasteiger partial charge in [-0.2, -0.15) is 0 Å². The van der Waals surface area contributed by atoms with Crippen molar-refractivity contribution in [1.82, 2.24) is 0 Å². The summed E-state index contributed by atoms with van der Waals surface area (Å²) >= 11 is 0. The minimum atomic E-state index is -1.96. The molecule has 206 valence electrons. The second kappa shape index (κ2) is 9.76. The number of carbonyl (C=O) groups excluding carboxylic acids is 2. The van der Waals surface area contributed by atoms with Crippen LogP contribution in [0.25, 0.3) is 0 Å². The Bertz CT molecular complexity index is 830. The number of carbonyl (C=O) groups is 2. The summed E-state index contributed by atoms with van der Waals surface area (Å²) in [5.41, 5.74) is -0.478. The van der Waals surface area contributed by atoms with Crippen molar-refractivity contribution >= 4 is 20.6 Å². The normalized spacial score (nSPS) is 41.1. The van der Waals surface area contributed by atoms with Gasteiger partial charge in [-0.15, -0.1) is 0 Å². The van der Waals surface area contributed by atoms with Gasteiger partial charge >= 0.3 is 5.97 Å². The molecule has 1 saturated heterocycles. The van der Waals surface area contributed by atoms with Crippen LogP contribution in [-0.2, 0) is 28.2 Å². The van der Waals surface area contributed by atoms with E-state index in [9.17, 15) is 9.59 Å². The maximum atomic E-state index is 13.3. The van der Waals surface area contributed by atoms with Crippen LogP contribution >= 0.6 is 0 Å². The van der Waals surface area contributed by atoms with Crippen molar-refractivity contribution in [3.63, 3.8) is 0 Å². The average Bonchev–Trinajstić information content (AvgIpc) is 3.35. The number of fused-ring (bicyclic) bond motifs is 2. The maximum absolute atomic E-state index is 13.3. The molecular formula is C29H50O6Si. The quantitative estimate of drug-likeness (QED) is 0.246. The summed E-state index contributed by atoms with van der Waals surface area (Å²) in [7, 11) is -0.466. The van der Waals surface area contributed by atoms with E-state index in [1.54, 1.807) is 0 Å². The third-order valence-electron chi connectivity index (χ3n) is 11.4. The third-order valence-corrected chi connectivity index (χ3v) is 16.0. The number of aldehydes is 1. The lowest BCUT2D eigenvalue weighted by Gasteiger charge is -2.52. The molecule has 1 aliphatic heterocycles. The van der Waals surface area contributed by atoms with E-state index in [2.05, 4.69) is 47.7 Å². The zero-order chi connectivity index (χ0) is 26.6. The van der Waals surface area contributed by atoms with Crippen molar-refractivity contribution < 1.29 is 28.2 Å². The lowest BCUT2D eigenvalue weighted by Crippen LogP contribution is -2.53. The number of esters is 1. The second-order valence-corrected chi connectivity index (χ2v) is 18.8. The summed E-state index contributed by atoms with van der Waals surface area (Å²) in [5.74, 6) is -0.737. The molecule has 7 heteroatoms. The molecule has 4 rings (SSSR count). The second-order valence-electron chi connectivity index (χ2n) is 14.1. The van der Waals surface area contributed by atoms with Crippen LogP contribution in [0.4, 0.5) is 0 Å². The number of hydrogen-bond acceptors (Lipinski definition) is 6. The lowest BCUT2D eigenvalue weighted by atomic mass is 9.54. The molecule has 4 fully saturated rings. The highest BCUT2D eigenvalue weighted by atomic mass is 28.4. The zero-order valence-corrected chi connectivity index (χ0v) is 25.0. The molecule has 0 aromatic heterocycles. The molecular weight excluding hydrogens is 472 g/mol. The van der Waals surface area contributed by atoms with Crippen LogP contribution in [-0.4, -0.2) is 52.8 Å². The molecule has 1 spiro atoms. The first-order valence-electron chi connectivity index (χ1n) is 14.2. The van der Waals surface area contributed by atoms with Crippen molar-refractivity contribution in [3.05, 3.63) is 0 Å². The number of methoxy groups -OCH3 is 1. The molecule has 6 nitrogen and oxygen atoms in total. The molecule has 36 heavy (non-hydrogen) atoms. The van der Waals surface area contributed by atoms with E-state index in [0.717, 1.165) is 44.9 Å². The monoisotopic (exact) mass is 522 g/mol. The van der Waals surface area contributed by atoms with Gasteiger partial charge in [0.1, 0.15) is 6.29 Å². The molecule has 1 heterocycles. The van der Waals surface area contributed by atoms with Crippen molar-refractivity contribution in [2.45, 2.75) is 116 Å². The predicted octanol–water partition coefficient (Wildman–Crippen LogP) is 6.13. The Balaban J connectivity index is 1.63. The van der Waals surface area contributed by atoms with E-state index in [1.165, 1.54) is 13.4 Å². The molecule has 0 aromatic rings. The summed E-state index contributed by atoms with van der Waals surface area (Å²) in [4.78, 5) is 26.2. The molecule has 1 unspecified atom stereocenters. The largest absolute Gasteiger partial charge is 0.469 e. The molecule has 7 atom stereocenters. The van der Waals surface area contributed by atoms with Crippen molar-refractivity contribution in [2.24, 2.45) is 34.5 Å². The highest BCUT2D eigenvalue weighted by molar-refractivity contribution is 6.74. The first kappa shape index (κ1) is 28.3. The fourth-order valence-corrected chi connectivity index (χ4v) is 9.62. The Morgan fingerprint density at radius 3 is 2.25 bits per heavy atom. The maximum Gasteiger partial charge on any atom is 0.309 e. The van der Waals surface area contributed by atoms with Crippen LogP contribution < -0.4 is 0 Å². The highest BCUT2D eigenvalue weighted by Crippen LogP contribution is 2.65. The standard InChI is InChI=1S/C29H50O6Si/c1-26(2,3)36(7,8)35-20-11-14-27(4,24(18-20)25(31)32-6)22-10-9-13-28(5)23(21(22)19-30)12-15-29(28)33-16-17-34-29/h19-24H,9-18H2,1-8H3/t20?,21-,22+,23+,24-,27-,28+/m1/s1. The third kappa shape index (κ3) is 4.44. The Hall–Kier alpha value is -0.763. The zero-order valence-electron chi connectivity index (χ0n) is 24.0. The minimum absolute atomic E-state index is 0.0591. The minimum Gasteiger partial charge on any atom is -0.469 e. The van der Waals surface area contributed by atoms with E-state index in [4.69, 9.17) is 18.6 Å². The average molecular weight is 523 g/mol. The lowest BCUT2D eigenvalue weighted by molar-refractivity contribution is -0.229. The smallest absolute Gasteiger partial charge is 0.309 e. The van der Waals surface area contributed by atoms with Gasteiger partial charge in [0.15, 0.2) is 14.1 Å². The molecule has 0 aromatic carbocycles.